The minimum atomic E-state index is -0.336. The number of esters is 1. The maximum absolute atomic E-state index is 12.4. The molecule has 0 radical (unpaired) electrons. The summed E-state index contributed by atoms with van der Waals surface area (Å²) in [7, 11) is 0. The summed E-state index contributed by atoms with van der Waals surface area (Å²) in [6.07, 6.45) is 6.75. The first kappa shape index (κ1) is 17.9. The van der Waals surface area contributed by atoms with Crippen molar-refractivity contribution >= 4 is 39.6 Å². The highest BCUT2D eigenvalue weighted by Crippen LogP contribution is 2.43. The van der Waals surface area contributed by atoms with Crippen molar-refractivity contribution < 1.29 is 14.3 Å². The zero-order valence-corrected chi connectivity index (χ0v) is 15.9. The number of hydrogen-bond acceptors (Lipinski definition) is 6. The van der Waals surface area contributed by atoms with Gasteiger partial charge in [0.2, 0.25) is 0 Å². The number of rotatable bonds is 6. The van der Waals surface area contributed by atoms with E-state index in [0.717, 1.165) is 41.6 Å². The largest absolute Gasteiger partial charge is 0.483 e. The van der Waals surface area contributed by atoms with Gasteiger partial charge in [-0.25, -0.2) is 14.8 Å². The molecule has 0 fully saturated rings. The van der Waals surface area contributed by atoms with E-state index in [1.54, 1.807) is 0 Å². The number of aliphatic imine (C=N–C) groups is 1. The zero-order valence-electron chi connectivity index (χ0n) is 15.1. The Hall–Kier alpha value is -1.95. The molecule has 0 spiro atoms. The smallest absolute Gasteiger partial charge is 0.350 e. The summed E-state index contributed by atoms with van der Waals surface area (Å²) in [4.78, 5) is 23.2. The van der Waals surface area contributed by atoms with E-state index in [4.69, 9.17) is 14.5 Å². The lowest BCUT2D eigenvalue weighted by Gasteiger charge is -2.19. The molecule has 0 amide bonds. The van der Waals surface area contributed by atoms with Crippen molar-refractivity contribution in [3.63, 3.8) is 0 Å². The van der Waals surface area contributed by atoms with Crippen LogP contribution in [0.2, 0.25) is 0 Å². The molecule has 2 heterocycles. The third-order valence-corrected chi connectivity index (χ3v) is 5.49. The van der Waals surface area contributed by atoms with Crippen molar-refractivity contribution in [3.8, 4) is 0 Å². The van der Waals surface area contributed by atoms with Crippen LogP contribution in [0.15, 0.2) is 4.99 Å². The van der Waals surface area contributed by atoms with Gasteiger partial charge in [-0.2, -0.15) is 0 Å². The lowest BCUT2D eigenvalue weighted by Crippen LogP contribution is -2.08. The number of nitrogens with zero attached hydrogens (tertiary/aromatic N) is 2. The molecule has 2 aromatic heterocycles. The van der Waals surface area contributed by atoms with Crippen LogP contribution in [-0.2, 0) is 28.7 Å². The highest BCUT2D eigenvalue weighted by Gasteiger charge is 2.26. The minimum Gasteiger partial charge on any atom is -0.483 e. The van der Waals surface area contributed by atoms with Gasteiger partial charge in [-0.1, -0.05) is 6.92 Å². The van der Waals surface area contributed by atoms with Crippen LogP contribution in [0.5, 0.6) is 0 Å². The van der Waals surface area contributed by atoms with Crippen LogP contribution in [0, 0.1) is 0 Å². The first-order chi connectivity index (χ1) is 12.2. The number of aryl methyl sites for hydroxylation is 2. The second-order valence-corrected chi connectivity index (χ2v) is 6.95. The topological polar surface area (TPSA) is 60.8 Å². The Morgan fingerprint density at radius 1 is 1.20 bits per heavy atom. The van der Waals surface area contributed by atoms with Gasteiger partial charge in [-0.05, 0) is 57.1 Å². The fraction of sp³-hybridized carbons (Fsp3) is 0.526. The normalized spacial score (nSPS) is 14.0. The Labute approximate surface area is 152 Å². The molecule has 0 unspecified atom stereocenters. The molecule has 6 heteroatoms. The first-order valence-electron chi connectivity index (χ1n) is 8.99. The number of carbonyl (C=O) groups excluding carboxylic acids is 1. The lowest BCUT2D eigenvalue weighted by molar-refractivity contribution is 0.0533. The fourth-order valence-electron chi connectivity index (χ4n) is 3.37. The molecular weight excluding hydrogens is 336 g/mol. The first-order valence-corrected chi connectivity index (χ1v) is 9.81. The lowest BCUT2D eigenvalue weighted by atomic mass is 9.88. The van der Waals surface area contributed by atoms with E-state index in [1.165, 1.54) is 35.3 Å². The summed E-state index contributed by atoms with van der Waals surface area (Å²) in [5.74, 6) is -0.336. The van der Waals surface area contributed by atoms with Crippen molar-refractivity contribution in [2.24, 2.45) is 4.99 Å². The van der Waals surface area contributed by atoms with E-state index in [2.05, 4.69) is 11.9 Å². The summed E-state index contributed by atoms with van der Waals surface area (Å²) in [6, 6.07) is 0. The predicted octanol–water partition coefficient (Wildman–Crippen LogP) is 4.61. The number of hydrogen-bond donors (Lipinski definition) is 0. The third-order valence-electron chi connectivity index (χ3n) is 4.44. The zero-order chi connectivity index (χ0) is 17.8. The molecule has 0 bridgehead atoms. The Balaban J connectivity index is 2.25. The van der Waals surface area contributed by atoms with Gasteiger partial charge in [0.25, 0.3) is 0 Å². The number of aromatic nitrogens is 1. The summed E-state index contributed by atoms with van der Waals surface area (Å²) in [5.41, 5.74) is 4.46. The molecule has 0 aliphatic heterocycles. The van der Waals surface area contributed by atoms with E-state index >= 15 is 0 Å². The van der Waals surface area contributed by atoms with E-state index < -0.39 is 0 Å². The van der Waals surface area contributed by atoms with E-state index in [0.29, 0.717) is 23.8 Å². The molecule has 2 aromatic rings. The van der Waals surface area contributed by atoms with Gasteiger partial charge < -0.3 is 9.47 Å². The Morgan fingerprint density at radius 2 is 1.96 bits per heavy atom. The van der Waals surface area contributed by atoms with Crippen molar-refractivity contribution in [3.05, 3.63) is 21.7 Å². The molecule has 5 nitrogen and oxygen atoms in total. The summed E-state index contributed by atoms with van der Waals surface area (Å²) in [5, 5.41) is 1.01. The van der Waals surface area contributed by atoms with Gasteiger partial charge in [0.15, 0.2) is 6.40 Å². The van der Waals surface area contributed by atoms with Crippen LogP contribution < -0.4 is 0 Å². The molecule has 134 valence electrons. The average Bonchev–Trinajstić information content (AvgIpc) is 3.00. The number of thiophene rings is 1. The summed E-state index contributed by atoms with van der Waals surface area (Å²) in [6.45, 7) is 6.73. The van der Waals surface area contributed by atoms with E-state index in [-0.39, 0.29) is 5.97 Å². The fourth-order valence-corrected chi connectivity index (χ4v) is 4.43. The van der Waals surface area contributed by atoms with Crippen LogP contribution in [0.3, 0.4) is 0 Å². The standard InChI is InChI=1S/C19H24N2O3S/c1-4-14-12-9-7-8-10-13(12)15-16(20-11-23-5-2)17(19(22)24-6-3)25-18(15)21-14/h11H,4-10H2,1-3H3. The van der Waals surface area contributed by atoms with E-state index in [1.807, 2.05) is 13.8 Å². The molecule has 3 rings (SSSR count). The van der Waals surface area contributed by atoms with Crippen LogP contribution >= 0.6 is 11.3 Å². The second kappa shape index (κ2) is 7.95. The average molecular weight is 360 g/mol. The predicted molar refractivity (Wildman–Crippen MR) is 101 cm³/mol. The number of ether oxygens (including phenoxy) is 2. The second-order valence-electron chi connectivity index (χ2n) is 5.95. The maximum Gasteiger partial charge on any atom is 0.350 e. The SMILES string of the molecule is CCOC=Nc1c(C(=O)OCC)sc2nc(CC)c3c(c12)CCCC3. The number of pyridine rings is 1. The molecule has 0 saturated heterocycles. The van der Waals surface area contributed by atoms with Crippen LogP contribution in [-0.4, -0.2) is 30.6 Å². The Morgan fingerprint density at radius 3 is 2.64 bits per heavy atom. The van der Waals surface area contributed by atoms with Gasteiger partial charge >= 0.3 is 5.97 Å². The summed E-state index contributed by atoms with van der Waals surface area (Å²) >= 11 is 1.38. The highest BCUT2D eigenvalue weighted by molar-refractivity contribution is 7.21. The van der Waals surface area contributed by atoms with Crippen LogP contribution in [0.25, 0.3) is 10.2 Å². The third kappa shape index (κ3) is 3.40. The molecule has 1 aliphatic rings. The molecule has 0 atom stereocenters. The van der Waals surface area contributed by atoms with Gasteiger partial charge in [0, 0.05) is 11.1 Å². The quantitative estimate of drug-likeness (QED) is 0.429. The van der Waals surface area contributed by atoms with Crippen LogP contribution in [0.1, 0.15) is 60.1 Å². The number of fused-ring (bicyclic) bond motifs is 3. The summed E-state index contributed by atoms with van der Waals surface area (Å²) < 4.78 is 10.5. The van der Waals surface area contributed by atoms with Gasteiger partial charge in [0.05, 0.1) is 13.2 Å². The van der Waals surface area contributed by atoms with Gasteiger partial charge in [0.1, 0.15) is 15.4 Å². The van der Waals surface area contributed by atoms with Crippen molar-refractivity contribution in [1.82, 2.24) is 4.98 Å². The van der Waals surface area contributed by atoms with Crippen molar-refractivity contribution in [2.45, 2.75) is 52.9 Å². The molecule has 0 saturated carbocycles. The monoisotopic (exact) mass is 360 g/mol. The molecule has 25 heavy (non-hydrogen) atoms. The van der Waals surface area contributed by atoms with Gasteiger partial charge in [-0.3, -0.25) is 0 Å². The molecule has 0 N–H and O–H groups in total. The van der Waals surface area contributed by atoms with Gasteiger partial charge in [-0.15, -0.1) is 11.3 Å². The van der Waals surface area contributed by atoms with Crippen LogP contribution in [0.4, 0.5) is 5.69 Å². The molecular formula is C19H24N2O3S. The van der Waals surface area contributed by atoms with Crippen molar-refractivity contribution in [2.75, 3.05) is 13.2 Å². The number of carbonyl (C=O) groups is 1. The van der Waals surface area contributed by atoms with E-state index in [9.17, 15) is 4.79 Å². The molecule has 0 aromatic carbocycles. The highest BCUT2D eigenvalue weighted by atomic mass is 32.1. The van der Waals surface area contributed by atoms with Crippen molar-refractivity contribution in [1.29, 1.82) is 0 Å². The Bertz CT molecular complexity index is 811. The Kier molecular flexibility index (Phi) is 5.68. The maximum atomic E-state index is 12.4. The minimum absolute atomic E-state index is 0.336. The molecule has 1 aliphatic carbocycles.